The van der Waals surface area contributed by atoms with Gasteiger partial charge in [-0.2, -0.15) is 8.78 Å². The monoisotopic (exact) mass is 349 g/mol. The average molecular weight is 350 g/mol. The fraction of sp³-hybridized carbons (Fsp3) is 0.500. The third-order valence-corrected chi connectivity index (χ3v) is 3.52. The quantitative estimate of drug-likeness (QED) is 0.828. The molecule has 9 heteroatoms. The topological polar surface area (TPSA) is 62.8 Å². The van der Waals surface area contributed by atoms with Gasteiger partial charge >= 0.3 is 12.6 Å². The van der Waals surface area contributed by atoms with E-state index in [1.54, 1.807) is 0 Å². The third-order valence-electron chi connectivity index (χ3n) is 3.22. The molecular formula is C14H18ClF2N3O3. The minimum Gasteiger partial charge on any atom is -0.433 e. The second-order valence-electron chi connectivity index (χ2n) is 4.86. The fourth-order valence-electron chi connectivity index (χ4n) is 2.10. The molecule has 0 atom stereocenters. The van der Waals surface area contributed by atoms with Crippen molar-refractivity contribution >= 4 is 23.3 Å². The summed E-state index contributed by atoms with van der Waals surface area (Å²) in [5.74, 6) is -0.139. The molecule has 1 fully saturated rings. The van der Waals surface area contributed by atoms with Crippen LogP contribution in [0.4, 0.5) is 19.3 Å². The lowest BCUT2D eigenvalue weighted by Crippen LogP contribution is -2.42. The van der Waals surface area contributed by atoms with Gasteiger partial charge in [0.15, 0.2) is 0 Å². The Morgan fingerprint density at radius 1 is 1.39 bits per heavy atom. The SMILES string of the molecule is O=C(NCCN1CCOCC1)Nc1ccc(OC(F)F)c(Cl)c1. The van der Waals surface area contributed by atoms with Gasteiger partial charge in [-0.05, 0) is 18.2 Å². The summed E-state index contributed by atoms with van der Waals surface area (Å²) in [4.78, 5) is 14.0. The van der Waals surface area contributed by atoms with Gasteiger partial charge in [0.2, 0.25) is 0 Å². The van der Waals surface area contributed by atoms with E-state index < -0.39 is 12.6 Å². The highest BCUT2D eigenvalue weighted by atomic mass is 35.5. The average Bonchev–Trinajstić information content (AvgIpc) is 2.51. The van der Waals surface area contributed by atoms with Gasteiger partial charge in [-0.3, -0.25) is 4.90 Å². The molecule has 128 valence electrons. The molecule has 0 bridgehead atoms. The van der Waals surface area contributed by atoms with Crippen molar-refractivity contribution in [2.45, 2.75) is 6.61 Å². The van der Waals surface area contributed by atoms with Crippen molar-refractivity contribution in [3.05, 3.63) is 23.2 Å². The third kappa shape index (κ3) is 6.17. The first-order valence-corrected chi connectivity index (χ1v) is 7.51. The van der Waals surface area contributed by atoms with E-state index in [0.29, 0.717) is 25.4 Å². The molecule has 1 aliphatic rings. The van der Waals surface area contributed by atoms with Crippen LogP contribution in [0, 0.1) is 0 Å². The van der Waals surface area contributed by atoms with Gasteiger partial charge in [-0.25, -0.2) is 4.79 Å². The molecule has 0 spiro atoms. The highest BCUT2D eigenvalue weighted by Crippen LogP contribution is 2.28. The van der Waals surface area contributed by atoms with Crippen LogP contribution in [0.25, 0.3) is 0 Å². The molecule has 1 saturated heterocycles. The maximum absolute atomic E-state index is 12.1. The number of rotatable bonds is 6. The Morgan fingerprint density at radius 2 is 2.13 bits per heavy atom. The number of ether oxygens (including phenoxy) is 2. The van der Waals surface area contributed by atoms with E-state index in [1.165, 1.54) is 18.2 Å². The summed E-state index contributed by atoms with van der Waals surface area (Å²) in [6.45, 7) is 1.39. The van der Waals surface area contributed by atoms with E-state index in [1.807, 2.05) is 0 Å². The number of halogens is 3. The summed E-state index contributed by atoms with van der Waals surface area (Å²) in [6.07, 6.45) is 0. The summed E-state index contributed by atoms with van der Waals surface area (Å²) in [6, 6.07) is 3.67. The Bertz CT molecular complexity index is 528. The van der Waals surface area contributed by atoms with E-state index >= 15 is 0 Å². The predicted molar refractivity (Wildman–Crippen MR) is 82.4 cm³/mol. The standard InChI is InChI=1S/C14H18ClF2N3O3/c15-11-9-10(1-2-12(11)23-13(16)17)19-14(21)18-3-4-20-5-7-22-8-6-20/h1-2,9,13H,3-8H2,(H2,18,19,21). The van der Waals surface area contributed by atoms with Gasteiger partial charge < -0.3 is 20.1 Å². The van der Waals surface area contributed by atoms with E-state index in [0.717, 1.165) is 19.6 Å². The zero-order valence-electron chi connectivity index (χ0n) is 12.4. The number of carbonyl (C=O) groups excluding carboxylic acids is 1. The first-order chi connectivity index (χ1) is 11.0. The van der Waals surface area contributed by atoms with Crippen LogP contribution in [0.3, 0.4) is 0 Å². The van der Waals surface area contributed by atoms with Crippen molar-refractivity contribution in [2.75, 3.05) is 44.7 Å². The normalized spacial score (nSPS) is 15.5. The van der Waals surface area contributed by atoms with E-state index in [4.69, 9.17) is 16.3 Å². The van der Waals surface area contributed by atoms with Crippen molar-refractivity contribution in [2.24, 2.45) is 0 Å². The zero-order valence-corrected chi connectivity index (χ0v) is 13.1. The van der Waals surface area contributed by atoms with E-state index in [-0.39, 0.29) is 10.8 Å². The Morgan fingerprint density at radius 3 is 2.78 bits per heavy atom. The van der Waals surface area contributed by atoms with Crippen molar-refractivity contribution in [1.29, 1.82) is 0 Å². The van der Waals surface area contributed by atoms with Gasteiger partial charge in [-0.15, -0.1) is 0 Å². The molecule has 1 aliphatic heterocycles. The van der Waals surface area contributed by atoms with Gasteiger partial charge in [-0.1, -0.05) is 11.6 Å². The first-order valence-electron chi connectivity index (χ1n) is 7.14. The summed E-state index contributed by atoms with van der Waals surface area (Å²) >= 11 is 5.81. The van der Waals surface area contributed by atoms with Gasteiger partial charge in [0.1, 0.15) is 5.75 Å². The molecule has 1 aromatic carbocycles. The molecule has 1 heterocycles. The Labute approximate surface area is 137 Å². The number of nitrogens with zero attached hydrogens (tertiary/aromatic N) is 1. The molecule has 23 heavy (non-hydrogen) atoms. The second-order valence-corrected chi connectivity index (χ2v) is 5.27. The van der Waals surface area contributed by atoms with Crippen LogP contribution in [-0.4, -0.2) is 56.9 Å². The molecule has 6 nitrogen and oxygen atoms in total. The zero-order chi connectivity index (χ0) is 16.7. The molecule has 2 N–H and O–H groups in total. The van der Waals surface area contributed by atoms with E-state index in [2.05, 4.69) is 20.3 Å². The molecule has 0 aromatic heterocycles. The van der Waals surface area contributed by atoms with Gasteiger partial charge in [0.05, 0.1) is 18.2 Å². The number of anilines is 1. The summed E-state index contributed by atoms with van der Waals surface area (Å²) < 4.78 is 33.7. The minimum atomic E-state index is -2.95. The lowest BCUT2D eigenvalue weighted by molar-refractivity contribution is -0.0497. The summed E-state index contributed by atoms with van der Waals surface area (Å²) in [7, 11) is 0. The predicted octanol–water partition coefficient (Wildman–Crippen LogP) is 2.40. The number of carbonyl (C=O) groups is 1. The van der Waals surface area contributed by atoms with Gasteiger partial charge in [0.25, 0.3) is 0 Å². The molecule has 0 radical (unpaired) electrons. The Kier molecular flexibility index (Phi) is 6.82. The maximum atomic E-state index is 12.1. The van der Waals surface area contributed by atoms with Crippen LogP contribution in [0.1, 0.15) is 0 Å². The molecule has 1 aromatic rings. The Balaban J connectivity index is 1.75. The van der Waals surface area contributed by atoms with Crippen LogP contribution in [0.2, 0.25) is 5.02 Å². The fourth-order valence-corrected chi connectivity index (χ4v) is 2.32. The Hall–Kier alpha value is -1.64. The summed E-state index contributed by atoms with van der Waals surface area (Å²) in [5, 5.41) is 5.29. The van der Waals surface area contributed by atoms with Crippen LogP contribution >= 0.6 is 11.6 Å². The largest absolute Gasteiger partial charge is 0.433 e. The second kappa shape index (κ2) is 8.85. The number of benzene rings is 1. The smallest absolute Gasteiger partial charge is 0.387 e. The molecule has 2 rings (SSSR count). The van der Waals surface area contributed by atoms with Crippen LogP contribution in [0.15, 0.2) is 18.2 Å². The van der Waals surface area contributed by atoms with Crippen molar-refractivity contribution in [3.8, 4) is 5.75 Å². The van der Waals surface area contributed by atoms with Crippen LogP contribution < -0.4 is 15.4 Å². The van der Waals surface area contributed by atoms with Crippen molar-refractivity contribution < 1.29 is 23.0 Å². The van der Waals surface area contributed by atoms with Gasteiger partial charge in [0, 0.05) is 31.9 Å². The van der Waals surface area contributed by atoms with Crippen molar-refractivity contribution in [3.63, 3.8) is 0 Å². The lowest BCUT2D eigenvalue weighted by Gasteiger charge is -2.26. The molecule has 0 saturated carbocycles. The highest BCUT2D eigenvalue weighted by molar-refractivity contribution is 6.32. The molecule has 0 unspecified atom stereocenters. The molecule has 2 amide bonds. The first kappa shape index (κ1) is 17.7. The number of amides is 2. The van der Waals surface area contributed by atoms with Crippen molar-refractivity contribution in [1.82, 2.24) is 10.2 Å². The number of alkyl halides is 2. The van der Waals surface area contributed by atoms with Crippen LogP contribution in [-0.2, 0) is 4.74 Å². The van der Waals surface area contributed by atoms with E-state index in [9.17, 15) is 13.6 Å². The minimum absolute atomic E-state index is 0.00332. The maximum Gasteiger partial charge on any atom is 0.387 e. The highest BCUT2D eigenvalue weighted by Gasteiger charge is 2.12. The number of nitrogens with one attached hydrogen (secondary N) is 2. The number of hydrogen-bond donors (Lipinski definition) is 2. The molecular weight excluding hydrogens is 332 g/mol. The number of urea groups is 1. The van der Waals surface area contributed by atoms with Crippen LogP contribution in [0.5, 0.6) is 5.75 Å². The summed E-state index contributed by atoms with van der Waals surface area (Å²) in [5.41, 5.74) is 0.389. The molecule has 0 aliphatic carbocycles. The number of morpholine rings is 1. The lowest BCUT2D eigenvalue weighted by atomic mass is 10.3. The number of hydrogen-bond acceptors (Lipinski definition) is 4.